The first-order valence-electron chi connectivity index (χ1n) is 8.39. The maximum atomic E-state index is 12.2. The largest absolute Gasteiger partial charge is 0.384 e. The molecule has 1 aromatic heterocycles. The second-order valence-corrected chi connectivity index (χ2v) is 6.10. The predicted molar refractivity (Wildman–Crippen MR) is 88.6 cm³/mol. The zero-order chi connectivity index (χ0) is 16.8. The molecule has 1 amide bonds. The molecule has 128 valence electrons. The Morgan fingerprint density at radius 3 is 2.92 bits per heavy atom. The first kappa shape index (κ1) is 16.6. The monoisotopic (exact) mass is 329 g/mol. The lowest BCUT2D eigenvalue weighted by Gasteiger charge is -2.31. The van der Waals surface area contributed by atoms with Crippen molar-refractivity contribution in [2.75, 3.05) is 26.8 Å². The molecule has 0 N–H and O–H groups in total. The van der Waals surface area contributed by atoms with Crippen LogP contribution in [0.1, 0.15) is 36.0 Å². The quantitative estimate of drug-likeness (QED) is 0.779. The van der Waals surface area contributed by atoms with Crippen molar-refractivity contribution >= 4 is 5.91 Å². The van der Waals surface area contributed by atoms with Crippen molar-refractivity contribution in [1.29, 1.82) is 0 Å². The molecule has 2 aromatic rings. The van der Waals surface area contributed by atoms with Gasteiger partial charge in [-0.1, -0.05) is 35.5 Å². The van der Waals surface area contributed by atoms with Crippen LogP contribution in [0.25, 0.3) is 0 Å². The minimum atomic E-state index is 0.127. The van der Waals surface area contributed by atoms with Crippen LogP contribution in [-0.2, 0) is 22.4 Å². The van der Waals surface area contributed by atoms with Crippen LogP contribution in [-0.4, -0.2) is 47.8 Å². The first-order valence-corrected chi connectivity index (χ1v) is 8.39. The highest BCUT2D eigenvalue weighted by Gasteiger charge is 2.30. The van der Waals surface area contributed by atoms with Crippen LogP contribution in [0.5, 0.6) is 0 Å². The molecule has 24 heavy (non-hydrogen) atoms. The fraction of sp³-hybridized carbons (Fsp3) is 0.500. The highest BCUT2D eigenvalue weighted by atomic mass is 16.5. The van der Waals surface area contributed by atoms with Crippen molar-refractivity contribution in [2.24, 2.45) is 0 Å². The minimum Gasteiger partial charge on any atom is -0.384 e. The number of methoxy groups -OCH3 is 1. The summed E-state index contributed by atoms with van der Waals surface area (Å²) in [4.78, 5) is 18.6. The highest BCUT2D eigenvalue weighted by molar-refractivity contribution is 5.77. The molecule has 1 aromatic carbocycles. The van der Waals surface area contributed by atoms with Gasteiger partial charge in [0.1, 0.15) is 0 Å². The number of aromatic nitrogens is 2. The molecule has 1 saturated heterocycles. The van der Waals surface area contributed by atoms with Gasteiger partial charge in [0.2, 0.25) is 11.8 Å². The molecule has 1 aliphatic heterocycles. The molecule has 2 heterocycles. The van der Waals surface area contributed by atoms with E-state index in [4.69, 9.17) is 9.26 Å². The lowest BCUT2D eigenvalue weighted by molar-refractivity contribution is -0.133. The van der Waals surface area contributed by atoms with E-state index in [9.17, 15) is 4.79 Å². The van der Waals surface area contributed by atoms with E-state index in [1.54, 1.807) is 7.11 Å². The molecule has 6 heteroatoms. The summed E-state index contributed by atoms with van der Waals surface area (Å²) in [5.74, 6) is 1.64. The third-order valence-electron chi connectivity index (χ3n) is 4.38. The third-order valence-corrected chi connectivity index (χ3v) is 4.38. The van der Waals surface area contributed by atoms with Crippen LogP contribution in [0.3, 0.4) is 0 Å². The molecular formula is C18H23N3O3. The summed E-state index contributed by atoms with van der Waals surface area (Å²) in [6, 6.07) is 10.2. The summed E-state index contributed by atoms with van der Waals surface area (Å²) in [6.45, 7) is 1.95. The van der Waals surface area contributed by atoms with Crippen LogP contribution in [0.4, 0.5) is 0 Å². The Labute approximate surface area is 141 Å². The summed E-state index contributed by atoms with van der Waals surface area (Å²) in [6.07, 6.45) is 2.81. The van der Waals surface area contributed by atoms with Crippen LogP contribution in [0.15, 0.2) is 34.9 Å². The average molecular weight is 329 g/mol. The maximum Gasteiger partial charge on any atom is 0.231 e. The fourth-order valence-corrected chi connectivity index (χ4v) is 2.97. The van der Waals surface area contributed by atoms with Crippen molar-refractivity contribution in [3.05, 3.63) is 47.6 Å². The van der Waals surface area contributed by atoms with Gasteiger partial charge in [-0.2, -0.15) is 4.98 Å². The second-order valence-electron chi connectivity index (χ2n) is 6.10. The molecule has 0 radical (unpaired) electrons. The Morgan fingerprint density at radius 1 is 1.29 bits per heavy atom. The van der Waals surface area contributed by atoms with Gasteiger partial charge in [-0.25, -0.2) is 0 Å². The Kier molecular flexibility index (Phi) is 5.59. The Morgan fingerprint density at radius 2 is 2.12 bits per heavy atom. The number of benzene rings is 1. The lowest BCUT2D eigenvalue weighted by Crippen LogP contribution is -2.40. The second kappa shape index (κ2) is 8.06. The smallest absolute Gasteiger partial charge is 0.231 e. The van der Waals surface area contributed by atoms with Crippen LogP contribution in [0, 0.1) is 0 Å². The Balaban J connectivity index is 1.58. The number of carbonyl (C=O) groups excluding carboxylic acids is 1. The normalized spacial score (nSPS) is 18.1. The summed E-state index contributed by atoms with van der Waals surface area (Å²) in [5, 5.41) is 4.00. The van der Waals surface area contributed by atoms with Gasteiger partial charge < -0.3 is 14.2 Å². The number of amides is 1. The third kappa shape index (κ3) is 4.20. The van der Waals surface area contributed by atoms with E-state index < -0.39 is 0 Å². The number of hydrogen-bond donors (Lipinski definition) is 0. The van der Waals surface area contributed by atoms with Gasteiger partial charge in [0, 0.05) is 33.0 Å². The number of carbonyl (C=O) groups is 1. The van der Waals surface area contributed by atoms with Gasteiger partial charge in [0.15, 0.2) is 5.82 Å². The molecule has 1 fully saturated rings. The molecule has 6 nitrogen and oxygen atoms in total. The molecule has 0 aliphatic carbocycles. The molecule has 3 rings (SSSR count). The van der Waals surface area contributed by atoms with Gasteiger partial charge in [-0.3, -0.25) is 4.79 Å². The molecule has 0 saturated carbocycles. The first-order chi connectivity index (χ1) is 11.8. The van der Waals surface area contributed by atoms with E-state index in [1.807, 2.05) is 23.1 Å². The standard InChI is InChI=1S/C18H23N3O3/c1-23-12-10-16-19-18(24-20-16)15-7-8-17(22)21(13-15)11-9-14-5-3-2-4-6-14/h2-6,15H,7-13H2,1H3/t15-/m1/s1. The van der Waals surface area contributed by atoms with Crippen molar-refractivity contribution in [2.45, 2.75) is 31.6 Å². The van der Waals surface area contributed by atoms with Crippen LogP contribution >= 0.6 is 0 Å². The molecule has 1 atom stereocenters. The molecule has 0 spiro atoms. The van der Waals surface area contributed by atoms with E-state index >= 15 is 0 Å². The summed E-state index contributed by atoms with van der Waals surface area (Å²) in [5.41, 5.74) is 1.24. The van der Waals surface area contributed by atoms with Crippen molar-refractivity contribution < 1.29 is 14.1 Å². The molecule has 0 unspecified atom stereocenters. The zero-order valence-electron chi connectivity index (χ0n) is 14.0. The van der Waals surface area contributed by atoms with Crippen LogP contribution in [0.2, 0.25) is 0 Å². The number of ether oxygens (including phenoxy) is 1. The van der Waals surface area contributed by atoms with Gasteiger partial charge in [-0.05, 0) is 18.4 Å². The van der Waals surface area contributed by atoms with Gasteiger partial charge in [0.05, 0.1) is 12.5 Å². The summed E-state index contributed by atoms with van der Waals surface area (Å²) in [7, 11) is 1.65. The van der Waals surface area contributed by atoms with E-state index in [1.165, 1.54) is 5.56 Å². The number of hydrogen-bond acceptors (Lipinski definition) is 5. The topological polar surface area (TPSA) is 68.5 Å². The zero-order valence-corrected chi connectivity index (χ0v) is 14.0. The molecule has 0 bridgehead atoms. The Bertz CT molecular complexity index is 657. The van der Waals surface area contributed by atoms with Crippen LogP contribution < -0.4 is 0 Å². The SMILES string of the molecule is COCCc1noc([C@@H]2CCC(=O)N(CCc3ccccc3)C2)n1. The summed E-state index contributed by atoms with van der Waals surface area (Å²) < 4.78 is 10.4. The minimum absolute atomic E-state index is 0.127. The van der Waals surface area contributed by atoms with Gasteiger partial charge >= 0.3 is 0 Å². The average Bonchev–Trinajstić information content (AvgIpc) is 3.09. The number of rotatable bonds is 7. The van der Waals surface area contributed by atoms with Crippen molar-refractivity contribution in [1.82, 2.24) is 15.0 Å². The van der Waals surface area contributed by atoms with E-state index in [-0.39, 0.29) is 11.8 Å². The molecule has 1 aliphatic rings. The fourth-order valence-electron chi connectivity index (χ4n) is 2.97. The Hall–Kier alpha value is -2.21. The predicted octanol–water partition coefficient (Wildman–Crippen LogP) is 2.21. The summed E-state index contributed by atoms with van der Waals surface area (Å²) >= 11 is 0. The van der Waals surface area contributed by atoms with Gasteiger partial charge in [0.25, 0.3) is 0 Å². The van der Waals surface area contributed by atoms with E-state index in [0.29, 0.717) is 37.7 Å². The lowest BCUT2D eigenvalue weighted by atomic mass is 9.97. The number of nitrogens with zero attached hydrogens (tertiary/aromatic N) is 3. The van der Waals surface area contributed by atoms with Gasteiger partial charge in [-0.15, -0.1) is 0 Å². The number of piperidine rings is 1. The highest BCUT2D eigenvalue weighted by Crippen LogP contribution is 2.26. The number of likely N-dealkylation sites (tertiary alicyclic amines) is 1. The molecular weight excluding hydrogens is 306 g/mol. The van der Waals surface area contributed by atoms with Crippen molar-refractivity contribution in [3.8, 4) is 0 Å². The maximum absolute atomic E-state index is 12.2. The van der Waals surface area contributed by atoms with E-state index in [0.717, 1.165) is 19.4 Å². The van der Waals surface area contributed by atoms with E-state index in [2.05, 4.69) is 22.3 Å². The van der Waals surface area contributed by atoms with Crippen molar-refractivity contribution in [3.63, 3.8) is 0 Å².